The fourth-order valence-corrected chi connectivity index (χ4v) is 6.73. The van der Waals surface area contributed by atoms with E-state index in [4.69, 9.17) is 5.73 Å². The van der Waals surface area contributed by atoms with Gasteiger partial charge in [0.25, 0.3) is 5.91 Å². The number of carbonyl (C=O) groups is 4. The van der Waals surface area contributed by atoms with Crippen LogP contribution in [0.3, 0.4) is 0 Å². The maximum absolute atomic E-state index is 13.8. The van der Waals surface area contributed by atoms with Crippen molar-refractivity contribution in [2.75, 3.05) is 44.2 Å². The minimum Gasteiger partial charge on any atom is -0.369 e. The lowest BCUT2D eigenvalue weighted by Crippen LogP contribution is -2.56. The molecule has 3 unspecified atom stereocenters. The van der Waals surface area contributed by atoms with Crippen molar-refractivity contribution < 1.29 is 19.2 Å². The van der Waals surface area contributed by atoms with E-state index in [2.05, 4.69) is 15.5 Å². The Morgan fingerprint density at radius 2 is 1.72 bits per heavy atom. The first-order valence-electron chi connectivity index (χ1n) is 14.5. The van der Waals surface area contributed by atoms with Crippen LogP contribution in [0.2, 0.25) is 0 Å². The van der Waals surface area contributed by atoms with Crippen LogP contribution in [-0.2, 0) is 14.4 Å². The predicted octanol–water partition coefficient (Wildman–Crippen LogP) is 0.893. The zero-order chi connectivity index (χ0) is 27.7. The van der Waals surface area contributed by atoms with Gasteiger partial charge in [-0.1, -0.05) is 26.7 Å². The summed E-state index contributed by atoms with van der Waals surface area (Å²) in [6, 6.07) is 5.72. The molecule has 0 spiro atoms. The molecule has 1 aromatic rings. The number of carbonyl (C=O) groups excluding carboxylic acids is 4. The molecule has 1 aromatic carbocycles. The summed E-state index contributed by atoms with van der Waals surface area (Å²) in [7, 11) is 0. The molecule has 5 rings (SSSR count). The van der Waals surface area contributed by atoms with E-state index in [-0.39, 0.29) is 42.0 Å². The van der Waals surface area contributed by atoms with Crippen molar-refractivity contribution in [2.45, 2.75) is 76.0 Å². The van der Waals surface area contributed by atoms with Crippen LogP contribution < -0.4 is 21.3 Å². The van der Waals surface area contributed by atoms with Gasteiger partial charge in [-0.2, -0.15) is 0 Å². The quantitative estimate of drug-likeness (QED) is 0.471. The normalized spacial score (nSPS) is 25.2. The largest absolute Gasteiger partial charge is 0.369 e. The van der Waals surface area contributed by atoms with Gasteiger partial charge < -0.3 is 31.1 Å². The molecule has 10 nitrogen and oxygen atoms in total. The molecule has 1 aliphatic carbocycles. The molecule has 39 heavy (non-hydrogen) atoms. The number of hydrogen-bond acceptors (Lipinski definition) is 7. The Labute approximate surface area is 230 Å². The third-order valence-electron chi connectivity index (χ3n) is 8.81. The smallest absolute Gasteiger partial charge is 0.251 e. The molecule has 4 fully saturated rings. The second-order valence-electron chi connectivity index (χ2n) is 12.0. The number of fused-ring (bicyclic) bond motifs is 1. The van der Waals surface area contributed by atoms with Crippen LogP contribution in [0.1, 0.15) is 62.7 Å². The Balaban J connectivity index is 1.27. The molecule has 3 saturated heterocycles. The van der Waals surface area contributed by atoms with Crippen LogP contribution in [0.5, 0.6) is 0 Å². The number of benzene rings is 1. The number of nitrogens with one attached hydrogen (secondary N) is 2. The summed E-state index contributed by atoms with van der Waals surface area (Å²) in [4.78, 5) is 59.0. The first-order chi connectivity index (χ1) is 18.7. The zero-order valence-corrected chi connectivity index (χ0v) is 23.2. The maximum atomic E-state index is 13.8. The summed E-state index contributed by atoms with van der Waals surface area (Å²) in [5.74, 6) is -0.694. The monoisotopic (exact) mass is 538 g/mol. The van der Waals surface area contributed by atoms with Crippen molar-refractivity contribution in [3.8, 4) is 0 Å². The number of nitrogens with two attached hydrogens (primary N) is 1. The van der Waals surface area contributed by atoms with Gasteiger partial charge >= 0.3 is 0 Å². The number of rotatable bonds is 7. The second-order valence-corrected chi connectivity index (χ2v) is 12.0. The van der Waals surface area contributed by atoms with E-state index in [0.717, 1.165) is 44.7 Å². The van der Waals surface area contributed by atoms with Gasteiger partial charge in [0.1, 0.15) is 12.1 Å². The van der Waals surface area contributed by atoms with Crippen LogP contribution >= 0.6 is 0 Å². The highest BCUT2D eigenvalue weighted by molar-refractivity contribution is 6.01. The third-order valence-corrected chi connectivity index (χ3v) is 8.81. The lowest BCUT2D eigenvalue weighted by atomic mass is 9.96. The first kappa shape index (κ1) is 27.6. The highest BCUT2D eigenvalue weighted by Crippen LogP contribution is 2.36. The molecule has 3 heterocycles. The van der Waals surface area contributed by atoms with Crippen LogP contribution in [-0.4, -0.2) is 96.2 Å². The Kier molecular flexibility index (Phi) is 7.96. The summed E-state index contributed by atoms with van der Waals surface area (Å²) in [6.45, 7) is 8.09. The van der Waals surface area contributed by atoms with Crippen LogP contribution in [0.4, 0.5) is 5.69 Å². The Bertz CT molecular complexity index is 1090. The minimum absolute atomic E-state index is 0.00245. The summed E-state index contributed by atoms with van der Waals surface area (Å²) < 4.78 is 0. The molecule has 3 aliphatic heterocycles. The Morgan fingerprint density at radius 1 is 1.05 bits per heavy atom. The van der Waals surface area contributed by atoms with Gasteiger partial charge in [-0.3, -0.25) is 19.2 Å². The Hall–Kier alpha value is -2.98. The molecule has 3 atom stereocenters. The average Bonchev–Trinajstić information content (AvgIpc) is 3.65. The topological polar surface area (TPSA) is 128 Å². The number of nitrogens with zero attached hydrogens (tertiary/aromatic N) is 3. The van der Waals surface area contributed by atoms with Gasteiger partial charge in [-0.05, 0) is 55.9 Å². The van der Waals surface area contributed by atoms with Crippen molar-refractivity contribution in [3.05, 3.63) is 29.8 Å². The minimum atomic E-state index is -0.902. The van der Waals surface area contributed by atoms with E-state index in [1.807, 2.05) is 26.0 Å². The van der Waals surface area contributed by atoms with Crippen LogP contribution in [0.25, 0.3) is 0 Å². The number of piperazine rings is 1. The number of hydrogen-bond donors (Lipinski definition) is 3. The molecule has 0 bridgehead atoms. The molecule has 10 heteroatoms. The van der Waals surface area contributed by atoms with Gasteiger partial charge in [0, 0.05) is 44.0 Å². The number of likely N-dealkylation sites (tertiary alicyclic amines) is 2. The van der Waals surface area contributed by atoms with Crippen molar-refractivity contribution >= 4 is 29.2 Å². The van der Waals surface area contributed by atoms with E-state index in [1.54, 1.807) is 21.9 Å². The van der Waals surface area contributed by atoms with E-state index in [9.17, 15) is 19.2 Å². The fraction of sp³-hybridized carbons (Fsp3) is 0.655. The number of Topliss-reactive ketones (excluding diaryl/α,β-unsaturated/α-hetero) is 1. The lowest BCUT2D eigenvalue weighted by Gasteiger charge is -2.32. The summed E-state index contributed by atoms with van der Waals surface area (Å²) >= 11 is 0. The van der Waals surface area contributed by atoms with Crippen molar-refractivity contribution in [1.82, 2.24) is 20.4 Å². The molecule has 3 amide bonds. The SMILES string of the molecule is CC(C)CC(NC(=O)c1ccc(N2CCNCC2)cc1)C(=O)N1CCC2C1C(=O)CN2C(=O)C1(N)CCCC1. The summed E-state index contributed by atoms with van der Waals surface area (Å²) in [6.07, 6.45) is 4.10. The average molecular weight is 539 g/mol. The molecule has 0 radical (unpaired) electrons. The molecule has 4 aliphatic rings. The van der Waals surface area contributed by atoms with E-state index < -0.39 is 17.6 Å². The predicted molar refractivity (Wildman–Crippen MR) is 148 cm³/mol. The standard InChI is InChI=1S/C29H42N6O4/c1-19(2)17-22(32-26(37)20-5-7-21(8-6-20)33-15-12-31-13-16-33)27(38)34-14-9-23-25(34)24(36)18-35(23)28(39)29(30)10-3-4-11-29/h5-8,19,22-23,25,31H,3-4,9-18,30H2,1-2H3,(H,32,37). The third kappa shape index (κ3) is 5.54. The Morgan fingerprint density at radius 3 is 2.36 bits per heavy atom. The molecular weight excluding hydrogens is 496 g/mol. The molecule has 212 valence electrons. The summed E-state index contributed by atoms with van der Waals surface area (Å²) in [5.41, 5.74) is 7.10. The van der Waals surface area contributed by atoms with E-state index in [1.165, 1.54) is 0 Å². The van der Waals surface area contributed by atoms with Gasteiger partial charge in [-0.15, -0.1) is 0 Å². The van der Waals surface area contributed by atoms with Crippen molar-refractivity contribution in [1.29, 1.82) is 0 Å². The fourth-order valence-electron chi connectivity index (χ4n) is 6.73. The summed E-state index contributed by atoms with van der Waals surface area (Å²) in [5, 5.41) is 6.29. The van der Waals surface area contributed by atoms with Gasteiger partial charge in [0.05, 0.1) is 18.1 Å². The van der Waals surface area contributed by atoms with Crippen molar-refractivity contribution in [2.24, 2.45) is 11.7 Å². The van der Waals surface area contributed by atoms with Gasteiger partial charge in [0.15, 0.2) is 5.78 Å². The molecular formula is C29H42N6O4. The van der Waals surface area contributed by atoms with Crippen molar-refractivity contribution in [3.63, 3.8) is 0 Å². The maximum Gasteiger partial charge on any atom is 0.251 e. The van der Waals surface area contributed by atoms with Crippen LogP contribution in [0, 0.1) is 5.92 Å². The number of amides is 3. The molecule has 0 aromatic heterocycles. The van der Waals surface area contributed by atoms with Gasteiger partial charge in [-0.25, -0.2) is 0 Å². The first-order valence-corrected chi connectivity index (χ1v) is 14.5. The molecule has 4 N–H and O–H groups in total. The van der Waals surface area contributed by atoms with Crippen LogP contribution in [0.15, 0.2) is 24.3 Å². The number of ketones is 1. The zero-order valence-electron chi connectivity index (χ0n) is 23.2. The highest BCUT2D eigenvalue weighted by Gasteiger charge is 2.55. The van der Waals surface area contributed by atoms with E-state index >= 15 is 0 Å². The van der Waals surface area contributed by atoms with E-state index in [0.29, 0.717) is 37.8 Å². The number of anilines is 1. The van der Waals surface area contributed by atoms with Gasteiger partial charge in [0.2, 0.25) is 11.8 Å². The second kappa shape index (κ2) is 11.3. The highest BCUT2D eigenvalue weighted by atomic mass is 16.2. The lowest BCUT2D eigenvalue weighted by molar-refractivity contribution is -0.138. The molecule has 1 saturated carbocycles.